The molecule has 0 spiro atoms. The van der Waals surface area contributed by atoms with Gasteiger partial charge in [0.25, 0.3) is 0 Å². The zero-order valence-electron chi connectivity index (χ0n) is 22.8. The van der Waals surface area contributed by atoms with E-state index in [0.29, 0.717) is 5.82 Å². The molecule has 0 radical (unpaired) electrons. The van der Waals surface area contributed by atoms with Gasteiger partial charge in [-0.05, 0) is 56.4 Å². The van der Waals surface area contributed by atoms with Gasteiger partial charge in [-0.2, -0.15) is 0 Å². The summed E-state index contributed by atoms with van der Waals surface area (Å²) in [5, 5.41) is 0. The Labute approximate surface area is 230 Å². The third-order valence-electron chi connectivity index (χ3n) is 7.76. The molecule has 5 aromatic rings. The van der Waals surface area contributed by atoms with Gasteiger partial charge in [-0.15, -0.1) is 0 Å². The summed E-state index contributed by atoms with van der Waals surface area (Å²) in [6.07, 6.45) is 0. The molecule has 0 aliphatic carbocycles. The maximum Gasteiger partial charge on any atom is 0.494 e. The number of nitrogens with zero attached hydrogens (tertiary/aromatic N) is 2. The number of aromatic nitrogens is 2. The molecule has 1 aliphatic heterocycles. The Balaban J connectivity index is 1.39. The Morgan fingerprint density at radius 3 is 1.56 bits per heavy atom. The molecule has 5 heteroatoms. The molecule has 2 heterocycles. The predicted octanol–water partition coefficient (Wildman–Crippen LogP) is 7.44. The molecule has 4 nitrogen and oxygen atoms in total. The molecule has 0 N–H and O–H groups in total. The summed E-state index contributed by atoms with van der Waals surface area (Å²) in [4.78, 5) is 10.0. The minimum absolute atomic E-state index is 0.378. The standard InChI is InChI=1S/C34H31BN2O2/c1-33(2)34(3,4)39-35(38-33)29-20-18-26(19-21-29)31-23-30(25-14-9-6-10-15-25)36-32(37-31)28-17-11-16-27(22-28)24-12-7-5-8-13-24/h5-23H,1-4H3. The van der Waals surface area contributed by atoms with E-state index in [0.717, 1.165) is 44.7 Å². The fraction of sp³-hybridized carbons (Fsp3) is 0.176. The summed E-state index contributed by atoms with van der Waals surface area (Å²) in [6, 6.07) is 39.4. The van der Waals surface area contributed by atoms with Crippen LogP contribution in [0, 0.1) is 0 Å². The second-order valence-electron chi connectivity index (χ2n) is 11.0. The number of benzene rings is 4. The molecule has 1 aromatic heterocycles. The van der Waals surface area contributed by atoms with Gasteiger partial charge in [0.2, 0.25) is 0 Å². The van der Waals surface area contributed by atoms with Crippen LogP contribution < -0.4 is 5.46 Å². The summed E-state index contributed by atoms with van der Waals surface area (Å²) in [6.45, 7) is 8.28. The molecule has 1 saturated heterocycles. The molecule has 4 aromatic carbocycles. The van der Waals surface area contributed by atoms with Crippen molar-refractivity contribution in [2.75, 3.05) is 0 Å². The molecule has 1 fully saturated rings. The summed E-state index contributed by atoms with van der Waals surface area (Å²) >= 11 is 0. The van der Waals surface area contributed by atoms with Gasteiger partial charge in [0, 0.05) is 16.7 Å². The summed E-state index contributed by atoms with van der Waals surface area (Å²) in [7, 11) is -0.398. The lowest BCUT2D eigenvalue weighted by Gasteiger charge is -2.32. The zero-order chi connectivity index (χ0) is 27.0. The fourth-order valence-corrected chi connectivity index (χ4v) is 4.74. The molecule has 0 atom stereocenters. The summed E-state index contributed by atoms with van der Waals surface area (Å²) in [5.74, 6) is 0.694. The van der Waals surface area contributed by atoms with E-state index in [-0.39, 0.29) is 11.2 Å². The van der Waals surface area contributed by atoms with Gasteiger partial charge in [0.05, 0.1) is 22.6 Å². The van der Waals surface area contributed by atoms with Gasteiger partial charge in [-0.1, -0.05) is 103 Å². The lowest BCUT2D eigenvalue weighted by Crippen LogP contribution is -2.41. The SMILES string of the molecule is CC1(C)OB(c2ccc(-c3cc(-c4ccccc4)nc(-c4cccc(-c5ccccc5)c4)n3)cc2)OC1(C)C. The van der Waals surface area contributed by atoms with Crippen LogP contribution in [0.2, 0.25) is 0 Å². The maximum atomic E-state index is 6.25. The van der Waals surface area contributed by atoms with Gasteiger partial charge in [0.15, 0.2) is 5.82 Å². The summed E-state index contributed by atoms with van der Waals surface area (Å²) in [5.41, 5.74) is 7.32. The van der Waals surface area contributed by atoms with Crippen molar-refractivity contribution >= 4 is 12.6 Å². The molecule has 0 amide bonds. The fourth-order valence-electron chi connectivity index (χ4n) is 4.74. The topological polar surface area (TPSA) is 44.2 Å². The normalized spacial score (nSPS) is 15.8. The lowest BCUT2D eigenvalue weighted by molar-refractivity contribution is 0.00578. The van der Waals surface area contributed by atoms with Crippen LogP contribution in [-0.4, -0.2) is 28.3 Å². The van der Waals surface area contributed by atoms with Crippen molar-refractivity contribution in [1.29, 1.82) is 0 Å². The van der Waals surface area contributed by atoms with E-state index in [1.807, 2.05) is 24.3 Å². The number of rotatable bonds is 5. The first kappa shape index (κ1) is 25.2. The third-order valence-corrected chi connectivity index (χ3v) is 7.76. The molecule has 0 bridgehead atoms. The van der Waals surface area contributed by atoms with E-state index >= 15 is 0 Å². The Hall–Kier alpha value is -4.06. The maximum absolute atomic E-state index is 6.25. The highest BCUT2D eigenvalue weighted by atomic mass is 16.7. The van der Waals surface area contributed by atoms with Gasteiger partial charge in [-0.25, -0.2) is 9.97 Å². The lowest BCUT2D eigenvalue weighted by atomic mass is 9.79. The van der Waals surface area contributed by atoms with E-state index in [1.54, 1.807) is 0 Å². The molecule has 39 heavy (non-hydrogen) atoms. The van der Waals surface area contributed by atoms with Crippen LogP contribution in [0.15, 0.2) is 115 Å². The van der Waals surface area contributed by atoms with E-state index in [4.69, 9.17) is 19.3 Å². The number of hydrogen-bond acceptors (Lipinski definition) is 4. The highest BCUT2D eigenvalue weighted by Crippen LogP contribution is 2.37. The largest absolute Gasteiger partial charge is 0.494 e. The van der Waals surface area contributed by atoms with Crippen molar-refractivity contribution in [3.8, 4) is 45.0 Å². The Morgan fingerprint density at radius 2 is 0.974 bits per heavy atom. The van der Waals surface area contributed by atoms with Gasteiger partial charge in [-0.3, -0.25) is 0 Å². The first-order valence-electron chi connectivity index (χ1n) is 13.4. The van der Waals surface area contributed by atoms with Crippen molar-refractivity contribution in [2.24, 2.45) is 0 Å². The predicted molar refractivity (Wildman–Crippen MR) is 159 cm³/mol. The van der Waals surface area contributed by atoms with Crippen molar-refractivity contribution in [2.45, 2.75) is 38.9 Å². The first-order chi connectivity index (χ1) is 18.8. The van der Waals surface area contributed by atoms with Gasteiger partial charge < -0.3 is 9.31 Å². The van der Waals surface area contributed by atoms with Crippen LogP contribution in [0.3, 0.4) is 0 Å². The molecule has 192 valence electrons. The zero-order valence-corrected chi connectivity index (χ0v) is 22.8. The molecular formula is C34H31BN2O2. The summed E-state index contributed by atoms with van der Waals surface area (Å²) < 4.78 is 12.5. The van der Waals surface area contributed by atoms with Crippen molar-refractivity contribution < 1.29 is 9.31 Å². The van der Waals surface area contributed by atoms with E-state index in [1.165, 1.54) is 0 Å². The van der Waals surface area contributed by atoms with Crippen molar-refractivity contribution in [1.82, 2.24) is 9.97 Å². The number of hydrogen-bond donors (Lipinski definition) is 0. The van der Waals surface area contributed by atoms with Crippen LogP contribution in [0.25, 0.3) is 45.0 Å². The van der Waals surface area contributed by atoms with E-state index < -0.39 is 7.12 Å². The second-order valence-corrected chi connectivity index (χ2v) is 11.0. The average Bonchev–Trinajstić information content (AvgIpc) is 3.20. The molecule has 6 rings (SSSR count). The Bertz CT molecular complexity index is 1580. The van der Waals surface area contributed by atoms with Gasteiger partial charge >= 0.3 is 7.12 Å². The van der Waals surface area contributed by atoms with Crippen LogP contribution in [0.1, 0.15) is 27.7 Å². The van der Waals surface area contributed by atoms with Crippen LogP contribution in [0.4, 0.5) is 0 Å². The second kappa shape index (κ2) is 9.92. The minimum atomic E-state index is -0.398. The minimum Gasteiger partial charge on any atom is -0.399 e. The van der Waals surface area contributed by atoms with E-state index in [9.17, 15) is 0 Å². The quantitative estimate of drug-likeness (QED) is 0.231. The van der Waals surface area contributed by atoms with Crippen molar-refractivity contribution in [3.63, 3.8) is 0 Å². The van der Waals surface area contributed by atoms with Crippen LogP contribution in [0.5, 0.6) is 0 Å². The Morgan fingerprint density at radius 1 is 0.487 bits per heavy atom. The highest BCUT2D eigenvalue weighted by Gasteiger charge is 2.51. The van der Waals surface area contributed by atoms with Crippen LogP contribution >= 0.6 is 0 Å². The smallest absolute Gasteiger partial charge is 0.399 e. The molecule has 0 unspecified atom stereocenters. The molecule has 0 saturated carbocycles. The third kappa shape index (κ3) is 5.03. The average molecular weight is 510 g/mol. The highest BCUT2D eigenvalue weighted by molar-refractivity contribution is 6.62. The van der Waals surface area contributed by atoms with Crippen molar-refractivity contribution in [3.05, 3.63) is 115 Å². The molecular weight excluding hydrogens is 479 g/mol. The van der Waals surface area contributed by atoms with E-state index in [2.05, 4.69) is 119 Å². The van der Waals surface area contributed by atoms with Gasteiger partial charge in [0.1, 0.15) is 0 Å². The first-order valence-corrected chi connectivity index (χ1v) is 13.4. The molecule has 1 aliphatic rings. The Kier molecular flexibility index (Phi) is 6.42. The van der Waals surface area contributed by atoms with Crippen LogP contribution in [-0.2, 0) is 9.31 Å². The monoisotopic (exact) mass is 510 g/mol.